The van der Waals surface area contributed by atoms with Crippen molar-refractivity contribution in [1.29, 1.82) is 0 Å². The van der Waals surface area contributed by atoms with Gasteiger partial charge >= 0.3 is 0 Å². The average molecular weight is 231 g/mol. The van der Waals surface area contributed by atoms with Gasteiger partial charge in [0.2, 0.25) is 0 Å². The standard InChI is InChI=1S/C12H17N5/c13-3-1-2-6-16-7-9-17(10-8-16)12-11-14-4-5-15-12/h4-5,11H,3,6-10,13H2. The first-order valence-electron chi connectivity index (χ1n) is 5.79. The number of aromatic nitrogens is 2. The predicted molar refractivity (Wildman–Crippen MR) is 67.5 cm³/mol. The van der Waals surface area contributed by atoms with Crippen LogP contribution < -0.4 is 10.6 Å². The Morgan fingerprint density at radius 3 is 2.65 bits per heavy atom. The van der Waals surface area contributed by atoms with E-state index in [2.05, 4.69) is 31.6 Å². The van der Waals surface area contributed by atoms with E-state index < -0.39 is 0 Å². The SMILES string of the molecule is NCC#CCN1CCN(c2cnccn2)CC1. The molecule has 5 nitrogen and oxygen atoms in total. The van der Waals surface area contributed by atoms with Crippen LogP contribution in [0.5, 0.6) is 0 Å². The lowest BCUT2D eigenvalue weighted by Gasteiger charge is -2.34. The van der Waals surface area contributed by atoms with Crippen molar-refractivity contribution < 1.29 is 0 Å². The molecule has 0 atom stereocenters. The van der Waals surface area contributed by atoms with E-state index in [1.807, 2.05) is 6.20 Å². The molecule has 17 heavy (non-hydrogen) atoms. The molecule has 0 unspecified atom stereocenters. The van der Waals surface area contributed by atoms with Crippen molar-refractivity contribution in [2.75, 3.05) is 44.2 Å². The summed E-state index contributed by atoms with van der Waals surface area (Å²) in [6.07, 6.45) is 5.24. The third-order valence-electron chi connectivity index (χ3n) is 2.78. The molecule has 0 saturated carbocycles. The van der Waals surface area contributed by atoms with Gasteiger partial charge in [0.15, 0.2) is 0 Å². The number of piperazine rings is 1. The summed E-state index contributed by atoms with van der Waals surface area (Å²) >= 11 is 0. The van der Waals surface area contributed by atoms with Crippen molar-refractivity contribution in [3.63, 3.8) is 0 Å². The molecular formula is C12H17N5. The van der Waals surface area contributed by atoms with Gasteiger partial charge in [-0.1, -0.05) is 11.8 Å². The smallest absolute Gasteiger partial charge is 0.147 e. The van der Waals surface area contributed by atoms with Crippen molar-refractivity contribution in [2.45, 2.75) is 0 Å². The van der Waals surface area contributed by atoms with Crippen LogP contribution in [0, 0.1) is 11.8 Å². The number of hydrogen-bond acceptors (Lipinski definition) is 5. The van der Waals surface area contributed by atoms with Gasteiger partial charge in [0.05, 0.1) is 19.3 Å². The molecule has 1 aromatic rings. The van der Waals surface area contributed by atoms with Gasteiger partial charge in [-0.3, -0.25) is 9.88 Å². The fraction of sp³-hybridized carbons (Fsp3) is 0.500. The van der Waals surface area contributed by atoms with Crippen LogP contribution >= 0.6 is 0 Å². The molecule has 1 saturated heterocycles. The Kier molecular flexibility index (Phi) is 4.30. The lowest BCUT2D eigenvalue weighted by atomic mass is 10.3. The minimum Gasteiger partial charge on any atom is -0.353 e. The molecule has 0 amide bonds. The van der Waals surface area contributed by atoms with Crippen molar-refractivity contribution >= 4 is 5.82 Å². The third-order valence-corrected chi connectivity index (χ3v) is 2.78. The molecule has 90 valence electrons. The fourth-order valence-electron chi connectivity index (χ4n) is 1.83. The summed E-state index contributed by atoms with van der Waals surface area (Å²) in [7, 11) is 0. The second kappa shape index (κ2) is 6.18. The van der Waals surface area contributed by atoms with E-state index in [4.69, 9.17) is 5.73 Å². The Morgan fingerprint density at radius 1 is 1.18 bits per heavy atom. The first-order valence-corrected chi connectivity index (χ1v) is 5.79. The molecule has 1 fully saturated rings. The molecular weight excluding hydrogens is 214 g/mol. The predicted octanol–water partition coefficient (Wildman–Crippen LogP) is -0.439. The summed E-state index contributed by atoms with van der Waals surface area (Å²) in [5, 5.41) is 0. The number of hydrogen-bond donors (Lipinski definition) is 1. The zero-order valence-corrected chi connectivity index (χ0v) is 9.84. The van der Waals surface area contributed by atoms with E-state index in [9.17, 15) is 0 Å². The molecule has 2 heterocycles. The van der Waals surface area contributed by atoms with E-state index in [1.54, 1.807) is 12.4 Å². The summed E-state index contributed by atoms with van der Waals surface area (Å²) in [5.74, 6) is 6.91. The molecule has 0 aliphatic carbocycles. The molecule has 2 N–H and O–H groups in total. The topological polar surface area (TPSA) is 58.3 Å². The molecule has 0 radical (unpaired) electrons. The van der Waals surface area contributed by atoms with Gasteiger partial charge in [-0.25, -0.2) is 4.98 Å². The lowest BCUT2D eigenvalue weighted by molar-refractivity contribution is 0.287. The molecule has 1 aromatic heterocycles. The first-order chi connectivity index (χ1) is 8.40. The maximum atomic E-state index is 5.33. The van der Waals surface area contributed by atoms with E-state index >= 15 is 0 Å². The molecule has 0 bridgehead atoms. The van der Waals surface area contributed by atoms with Gasteiger partial charge in [0.25, 0.3) is 0 Å². The van der Waals surface area contributed by atoms with Gasteiger partial charge in [-0.15, -0.1) is 0 Å². The number of nitrogens with zero attached hydrogens (tertiary/aromatic N) is 4. The van der Waals surface area contributed by atoms with Gasteiger partial charge < -0.3 is 10.6 Å². The van der Waals surface area contributed by atoms with Crippen LogP contribution in [-0.2, 0) is 0 Å². The molecule has 1 aliphatic rings. The van der Waals surface area contributed by atoms with E-state index in [1.165, 1.54) is 0 Å². The van der Waals surface area contributed by atoms with Crippen LogP contribution in [0.1, 0.15) is 0 Å². The molecule has 0 spiro atoms. The molecule has 0 aromatic carbocycles. The third kappa shape index (κ3) is 3.41. The largest absolute Gasteiger partial charge is 0.353 e. The van der Waals surface area contributed by atoms with E-state index in [0.29, 0.717) is 6.54 Å². The Labute approximate surface area is 102 Å². The zero-order valence-electron chi connectivity index (χ0n) is 9.84. The van der Waals surface area contributed by atoms with Crippen molar-refractivity contribution in [3.05, 3.63) is 18.6 Å². The Balaban J connectivity index is 1.82. The van der Waals surface area contributed by atoms with E-state index in [0.717, 1.165) is 38.5 Å². The highest BCUT2D eigenvalue weighted by Gasteiger charge is 2.16. The minimum absolute atomic E-state index is 0.444. The van der Waals surface area contributed by atoms with Crippen molar-refractivity contribution in [3.8, 4) is 11.8 Å². The average Bonchev–Trinajstić information content (AvgIpc) is 2.41. The maximum Gasteiger partial charge on any atom is 0.147 e. The molecule has 1 aliphatic heterocycles. The summed E-state index contributed by atoms with van der Waals surface area (Å²) in [6.45, 7) is 5.22. The highest BCUT2D eigenvalue weighted by molar-refractivity contribution is 5.35. The number of anilines is 1. The highest BCUT2D eigenvalue weighted by Crippen LogP contribution is 2.10. The second-order valence-electron chi connectivity index (χ2n) is 3.88. The normalized spacial score (nSPS) is 16.4. The minimum atomic E-state index is 0.444. The Bertz CT molecular complexity index is 386. The second-order valence-corrected chi connectivity index (χ2v) is 3.88. The van der Waals surface area contributed by atoms with Crippen molar-refractivity contribution in [2.24, 2.45) is 5.73 Å². The number of nitrogens with two attached hydrogens (primary N) is 1. The van der Waals surface area contributed by atoms with Gasteiger partial charge in [0.1, 0.15) is 5.82 Å². The molecule has 2 rings (SSSR count). The fourth-order valence-corrected chi connectivity index (χ4v) is 1.83. The molecule has 5 heteroatoms. The van der Waals surface area contributed by atoms with Crippen LogP contribution in [0.2, 0.25) is 0 Å². The highest BCUT2D eigenvalue weighted by atomic mass is 15.3. The van der Waals surface area contributed by atoms with Crippen LogP contribution in [-0.4, -0.2) is 54.1 Å². The van der Waals surface area contributed by atoms with Crippen LogP contribution in [0.4, 0.5) is 5.82 Å². The number of rotatable bonds is 2. The quantitative estimate of drug-likeness (QED) is 0.699. The van der Waals surface area contributed by atoms with Crippen LogP contribution in [0.3, 0.4) is 0 Å². The summed E-state index contributed by atoms with van der Waals surface area (Å²) < 4.78 is 0. The van der Waals surface area contributed by atoms with E-state index in [-0.39, 0.29) is 0 Å². The van der Waals surface area contributed by atoms with Crippen molar-refractivity contribution in [1.82, 2.24) is 14.9 Å². The van der Waals surface area contributed by atoms with Crippen LogP contribution in [0.15, 0.2) is 18.6 Å². The summed E-state index contributed by atoms with van der Waals surface area (Å²) in [6, 6.07) is 0. The lowest BCUT2D eigenvalue weighted by Crippen LogP contribution is -2.46. The Morgan fingerprint density at radius 2 is 2.00 bits per heavy atom. The summed E-state index contributed by atoms with van der Waals surface area (Å²) in [4.78, 5) is 13.0. The van der Waals surface area contributed by atoms with Gasteiger partial charge in [-0.2, -0.15) is 0 Å². The zero-order chi connectivity index (χ0) is 11.9. The van der Waals surface area contributed by atoms with Gasteiger partial charge in [-0.05, 0) is 0 Å². The summed E-state index contributed by atoms with van der Waals surface area (Å²) in [5.41, 5.74) is 5.33. The Hall–Kier alpha value is -1.64. The van der Waals surface area contributed by atoms with Crippen LogP contribution in [0.25, 0.3) is 0 Å². The monoisotopic (exact) mass is 231 g/mol. The first kappa shape index (κ1) is 11.8. The van der Waals surface area contributed by atoms with Gasteiger partial charge in [0, 0.05) is 38.6 Å². The maximum absolute atomic E-state index is 5.33.